The lowest BCUT2D eigenvalue weighted by atomic mass is 9.85. The van der Waals surface area contributed by atoms with Gasteiger partial charge in [0.05, 0.1) is 0 Å². The lowest BCUT2D eigenvalue weighted by molar-refractivity contribution is 0.0962. The van der Waals surface area contributed by atoms with E-state index >= 15 is 0 Å². The van der Waals surface area contributed by atoms with Crippen LogP contribution < -0.4 is 14.8 Å². The minimum absolute atomic E-state index is 0.154. The summed E-state index contributed by atoms with van der Waals surface area (Å²) in [5.41, 5.74) is 4.58. The fourth-order valence-corrected chi connectivity index (χ4v) is 5.62. The average molecular weight is 509 g/mol. The third-order valence-electron chi connectivity index (χ3n) is 7.62. The highest BCUT2D eigenvalue weighted by Crippen LogP contribution is 2.48. The molecule has 0 radical (unpaired) electrons. The van der Waals surface area contributed by atoms with Gasteiger partial charge in [0.2, 0.25) is 0 Å². The molecule has 4 aromatic rings. The molecule has 1 amide bonds. The standard InChI is InChI=1S/C32H32N2O4/c1-33-32(36)23-8-12-27-28-13-7-22-19-24(35)9-14-26(22)30(28)31(38-29(27)20-23)21-5-10-25(11-6-21)37-18-17-34-15-3-2-4-16-34/h5-14,19-20,31,35H,2-4,15-18H2,1H3,(H,33,36). The first-order valence-corrected chi connectivity index (χ1v) is 13.3. The molecule has 1 fully saturated rings. The number of hydrogen-bond acceptors (Lipinski definition) is 5. The Kier molecular flexibility index (Phi) is 6.64. The van der Waals surface area contributed by atoms with Gasteiger partial charge < -0.3 is 19.9 Å². The van der Waals surface area contributed by atoms with Crippen LogP contribution in [0.25, 0.3) is 21.9 Å². The van der Waals surface area contributed by atoms with E-state index < -0.39 is 0 Å². The summed E-state index contributed by atoms with van der Waals surface area (Å²) in [6, 6.07) is 23.2. The van der Waals surface area contributed by atoms with E-state index in [1.54, 1.807) is 19.2 Å². The largest absolute Gasteiger partial charge is 0.508 e. The maximum Gasteiger partial charge on any atom is 0.251 e. The zero-order valence-electron chi connectivity index (χ0n) is 21.6. The summed E-state index contributed by atoms with van der Waals surface area (Å²) < 4.78 is 12.7. The normalized spacial score (nSPS) is 16.8. The number of phenols is 1. The van der Waals surface area contributed by atoms with Crippen molar-refractivity contribution in [2.24, 2.45) is 0 Å². The molecule has 2 aliphatic heterocycles. The molecule has 38 heavy (non-hydrogen) atoms. The van der Waals surface area contributed by atoms with Crippen LogP contribution in [0.15, 0.2) is 72.8 Å². The molecule has 0 spiro atoms. The molecule has 2 N–H and O–H groups in total. The van der Waals surface area contributed by atoms with Gasteiger partial charge in [0, 0.05) is 30.3 Å². The van der Waals surface area contributed by atoms with E-state index in [2.05, 4.69) is 28.4 Å². The first-order valence-electron chi connectivity index (χ1n) is 13.3. The van der Waals surface area contributed by atoms with E-state index in [9.17, 15) is 9.90 Å². The number of carbonyl (C=O) groups excluding carboxylic acids is 1. The van der Waals surface area contributed by atoms with Crippen molar-refractivity contribution in [1.29, 1.82) is 0 Å². The highest BCUT2D eigenvalue weighted by Gasteiger charge is 2.30. The summed E-state index contributed by atoms with van der Waals surface area (Å²) >= 11 is 0. The summed E-state index contributed by atoms with van der Waals surface area (Å²) in [7, 11) is 1.62. The quantitative estimate of drug-likeness (QED) is 0.338. The Morgan fingerprint density at radius 3 is 2.55 bits per heavy atom. The van der Waals surface area contributed by atoms with Gasteiger partial charge in [0.15, 0.2) is 6.10 Å². The van der Waals surface area contributed by atoms with Crippen molar-refractivity contribution in [2.75, 3.05) is 33.3 Å². The van der Waals surface area contributed by atoms with Crippen molar-refractivity contribution in [2.45, 2.75) is 25.4 Å². The summed E-state index contributed by atoms with van der Waals surface area (Å²) in [6.07, 6.45) is 3.51. The van der Waals surface area contributed by atoms with Crippen LogP contribution in [0.4, 0.5) is 0 Å². The number of hydrogen-bond donors (Lipinski definition) is 2. The lowest BCUT2D eigenvalue weighted by Crippen LogP contribution is -2.33. The molecule has 1 saturated heterocycles. The Balaban J connectivity index is 1.33. The first-order chi connectivity index (χ1) is 18.6. The van der Waals surface area contributed by atoms with Crippen LogP contribution >= 0.6 is 0 Å². The highest BCUT2D eigenvalue weighted by atomic mass is 16.5. The topological polar surface area (TPSA) is 71.0 Å². The Hall–Kier alpha value is -4.03. The van der Waals surface area contributed by atoms with Crippen LogP contribution in [0.3, 0.4) is 0 Å². The van der Waals surface area contributed by atoms with E-state index in [1.165, 1.54) is 19.3 Å². The summed E-state index contributed by atoms with van der Waals surface area (Å²) in [5.74, 6) is 1.58. The molecule has 2 aliphatic rings. The molecule has 194 valence electrons. The first kappa shape index (κ1) is 24.3. The molecular formula is C32H32N2O4. The van der Waals surface area contributed by atoms with Gasteiger partial charge >= 0.3 is 0 Å². The molecule has 6 rings (SSSR count). The van der Waals surface area contributed by atoms with Crippen molar-refractivity contribution in [3.8, 4) is 28.4 Å². The second kappa shape index (κ2) is 10.4. The monoisotopic (exact) mass is 508 g/mol. The van der Waals surface area contributed by atoms with Gasteiger partial charge in [-0.15, -0.1) is 0 Å². The number of nitrogens with one attached hydrogen (secondary N) is 1. The number of phenolic OH excluding ortho intramolecular Hbond substituents is 1. The second-order valence-corrected chi connectivity index (χ2v) is 10.0. The summed E-state index contributed by atoms with van der Waals surface area (Å²) in [4.78, 5) is 14.8. The Bertz CT molecular complexity index is 1480. The van der Waals surface area contributed by atoms with Crippen LogP contribution in [0.1, 0.15) is 46.9 Å². The smallest absolute Gasteiger partial charge is 0.251 e. The molecule has 2 heterocycles. The Morgan fingerprint density at radius 2 is 1.76 bits per heavy atom. The predicted molar refractivity (Wildman–Crippen MR) is 149 cm³/mol. The van der Waals surface area contributed by atoms with E-state index in [0.29, 0.717) is 17.9 Å². The van der Waals surface area contributed by atoms with E-state index in [0.717, 1.165) is 58.4 Å². The molecule has 1 unspecified atom stereocenters. The highest BCUT2D eigenvalue weighted by molar-refractivity contribution is 5.98. The Labute approximate surface area is 222 Å². The number of amides is 1. The number of ether oxygens (including phenoxy) is 2. The SMILES string of the molecule is CNC(=O)c1ccc2c(c1)OC(c1ccc(OCCN3CCCCC3)cc1)c1c-2ccc2cc(O)ccc12. The molecule has 0 aromatic heterocycles. The minimum atomic E-state index is -0.381. The lowest BCUT2D eigenvalue weighted by Gasteiger charge is -2.31. The van der Waals surface area contributed by atoms with Gasteiger partial charge in [0.25, 0.3) is 5.91 Å². The fraction of sp³-hybridized carbons (Fsp3) is 0.281. The molecule has 4 aromatic carbocycles. The summed E-state index contributed by atoms with van der Waals surface area (Å²) in [5, 5.41) is 14.7. The maximum atomic E-state index is 12.3. The van der Waals surface area contributed by atoms with Crippen LogP contribution in [0.2, 0.25) is 0 Å². The number of benzene rings is 4. The summed E-state index contributed by atoms with van der Waals surface area (Å²) in [6.45, 7) is 3.95. The molecule has 6 nitrogen and oxygen atoms in total. The molecule has 0 bridgehead atoms. The van der Waals surface area contributed by atoms with Crippen LogP contribution in [-0.2, 0) is 0 Å². The molecule has 6 heteroatoms. The molecule has 1 atom stereocenters. The van der Waals surface area contributed by atoms with Gasteiger partial charge in [-0.3, -0.25) is 9.69 Å². The fourth-order valence-electron chi connectivity index (χ4n) is 5.62. The van der Waals surface area contributed by atoms with E-state index in [4.69, 9.17) is 9.47 Å². The zero-order valence-corrected chi connectivity index (χ0v) is 21.6. The van der Waals surface area contributed by atoms with Crippen molar-refractivity contribution in [3.63, 3.8) is 0 Å². The number of rotatable bonds is 6. The number of fused-ring (bicyclic) bond motifs is 5. The van der Waals surface area contributed by atoms with Crippen LogP contribution in [0.5, 0.6) is 17.2 Å². The number of aromatic hydroxyl groups is 1. The number of likely N-dealkylation sites (tertiary alicyclic amines) is 1. The van der Waals surface area contributed by atoms with Crippen LogP contribution in [-0.4, -0.2) is 49.2 Å². The van der Waals surface area contributed by atoms with E-state index in [-0.39, 0.29) is 17.8 Å². The van der Waals surface area contributed by atoms with Gasteiger partial charge in [-0.2, -0.15) is 0 Å². The van der Waals surface area contributed by atoms with Gasteiger partial charge in [0.1, 0.15) is 23.9 Å². The maximum absolute atomic E-state index is 12.3. The number of nitrogens with zero attached hydrogens (tertiary/aromatic N) is 1. The van der Waals surface area contributed by atoms with Crippen LogP contribution in [0, 0.1) is 0 Å². The molecule has 0 saturated carbocycles. The molecular weight excluding hydrogens is 476 g/mol. The third-order valence-corrected chi connectivity index (χ3v) is 7.62. The molecule has 0 aliphatic carbocycles. The average Bonchev–Trinajstić information content (AvgIpc) is 2.96. The van der Waals surface area contributed by atoms with Gasteiger partial charge in [-0.1, -0.05) is 36.8 Å². The van der Waals surface area contributed by atoms with Crippen molar-refractivity contribution >= 4 is 16.7 Å². The zero-order chi connectivity index (χ0) is 26.1. The van der Waals surface area contributed by atoms with Crippen molar-refractivity contribution in [3.05, 3.63) is 89.5 Å². The van der Waals surface area contributed by atoms with Gasteiger partial charge in [-0.05, 0) is 90.3 Å². The van der Waals surface area contributed by atoms with Gasteiger partial charge in [-0.25, -0.2) is 0 Å². The number of piperidine rings is 1. The van der Waals surface area contributed by atoms with Crippen molar-refractivity contribution in [1.82, 2.24) is 10.2 Å². The Morgan fingerprint density at radius 1 is 0.974 bits per heavy atom. The van der Waals surface area contributed by atoms with Crippen molar-refractivity contribution < 1.29 is 19.4 Å². The number of carbonyl (C=O) groups is 1. The predicted octanol–water partition coefficient (Wildman–Crippen LogP) is 5.92. The minimum Gasteiger partial charge on any atom is -0.508 e. The second-order valence-electron chi connectivity index (χ2n) is 10.0. The third kappa shape index (κ3) is 4.68. The van der Waals surface area contributed by atoms with E-state index in [1.807, 2.05) is 42.5 Å².